The van der Waals surface area contributed by atoms with E-state index in [9.17, 15) is 0 Å². The van der Waals surface area contributed by atoms with Crippen LogP contribution in [-0.2, 0) is 9.80 Å². The molecular formula is C13H17ClO. The van der Waals surface area contributed by atoms with Crippen molar-refractivity contribution in [3.8, 4) is 0 Å². The molecule has 0 aliphatic rings. The predicted octanol–water partition coefficient (Wildman–Crippen LogP) is 3.94. The van der Waals surface area contributed by atoms with Crippen LogP contribution >= 0.6 is 11.6 Å². The second-order valence-electron chi connectivity index (χ2n) is 3.77. The van der Waals surface area contributed by atoms with E-state index >= 15 is 0 Å². The maximum atomic E-state index is 6.51. The molecule has 0 spiro atoms. The minimum atomic E-state index is -0.755. The number of hydrogen-bond donors (Lipinski definition) is 0. The SMILES string of the molecule is C=CCOC(Cl)(c1ccccc1)C(C)C. The minimum absolute atomic E-state index is 0.196. The molecule has 1 aromatic carbocycles. The van der Waals surface area contributed by atoms with Gasteiger partial charge in [0, 0.05) is 5.92 Å². The highest BCUT2D eigenvalue weighted by Crippen LogP contribution is 2.37. The third-order valence-corrected chi connectivity index (χ3v) is 3.09. The fourth-order valence-corrected chi connectivity index (χ4v) is 1.62. The standard InChI is InChI=1S/C13H17ClO/c1-4-10-15-13(14,11(2)3)12-8-6-5-7-9-12/h4-9,11H,1,10H2,2-3H3. The lowest BCUT2D eigenvalue weighted by molar-refractivity contribution is -0.000609. The Morgan fingerprint density at radius 3 is 2.47 bits per heavy atom. The molecule has 0 fully saturated rings. The van der Waals surface area contributed by atoms with E-state index in [-0.39, 0.29) is 5.92 Å². The molecule has 1 atom stereocenters. The van der Waals surface area contributed by atoms with Crippen molar-refractivity contribution >= 4 is 11.6 Å². The Morgan fingerprint density at radius 1 is 1.40 bits per heavy atom. The third-order valence-electron chi connectivity index (χ3n) is 2.32. The van der Waals surface area contributed by atoms with E-state index in [4.69, 9.17) is 16.3 Å². The number of rotatable bonds is 5. The summed E-state index contributed by atoms with van der Waals surface area (Å²) in [5.74, 6) is 0.196. The molecule has 0 heterocycles. The van der Waals surface area contributed by atoms with Crippen molar-refractivity contribution in [2.75, 3.05) is 6.61 Å². The monoisotopic (exact) mass is 224 g/mol. The average Bonchev–Trinajstić information content (AvgIpc) is 2.27. The molecule has 0 radical (unpaired) electrons. The van der Waals surface area contributed by atoms with Crippen LogP contribution in [0, 0.1) is 5.92 Å². The lowest BCUT2D eigenvalue weighted by Crippen LogP contribution is -2.29. The highest BCUT2D eigenvalue weighted by atomic mass is 35.5. The highest BCUT2D eigenvalue weighted by molar-refractivity contribution is 6.23. The average molecular weight is 225 g/mol. The van der Waals surface area contributed by atoms with Crippen LogP contribution in [-0.4, -0.2) is 6.61 Å². The largest absolute Gasteiger partial charge is 0.351 e. The van der Waals surface area contributed by atoms with E-state index in [1.807, 2.05) is 44.2 Å². The van der Waals surface area contributed by atoms with Gasteiger partial charge in [0.1, 0.15) is 0 Å². The molecule has 1 aromatic rings. The van der Waals surface area contributed by atoms with Crippen LogP contribution in [0.2, 0.25) is 0 Å². The summed E-state index contributed by atoms with van der Waals surface area (Å²) in [4.78, 5) is 0. The Balaban J connectivity index is 2.96. The maximum absolute atomic E-state index is 6.51. The van der Waals surface area contributed by atoms with Gasteiger partial charge in [0.2, 0.25) is 0 Å². The minimum Gasteiger partial charge on any atom is -0.351 e. The van der Waals surface area contributed by atoms with Crippen molar-refractivity contribution < 1.29 is 4.74 Å². The summed E-state index contributed by atoms with van der Waals surface area (Å²) in [7, 11) is 0. The summed E-state index contributed by atoms with van der Waals surface area (Å²) in [5.41, 5.74) is 0.989. The summed E-state index contributed by atoms with van der Waals surface area (Å²) < 4.78 is 5.67. The van der Waals surface area contributed by atoms with Crippen molar-refractivity contribution in [1.82, 2.24) is 0 Å². The molecule has 0 bridgehead atoms. The molecule has 0 aliphatic carbocycles. The van der Waals surface area contributed by atoms with Crippen LogP contribution in [0.25, 0.3) is 0 Å². The van der Waals surface area contributed by atoms with Gasteiger partial charge in [-0.15, -0.1) is 6.58 Å². The number of halogens is 1. The van der Waals surface area contributed by atoms with Gasteiger partial charge in [-0.2, -0.15) is 0 Å². The first-order valence-corrected chi connectivity index (χ1v) is 5.48. The molecule has 0 saturated carbocycles. The lowest BCUT2D eigenvalue weighted by atomic mass is 9.98. The Kier molecular flexibility index (Phi) is 4.37. The molecule has 15 heavy (non-hydrogen) atoms. The van der Waals surface area contributed by atoms with Crippen LogP contribution in [0.3, 0.4) is 0 Å². The first-order chi connectivity index (χ1) is 7.11. The zero-order valence-electron chi connectivity index (χ0n) is 9.24. The summed E-state index contributed by atoms with van der Waals surface area (Å²) in [6, 6.07) is 9.86. The molecule has 0 aliphatic heterocycles. The van der Waals surface area contributed by atoms with Gasteiger partial charge in [0.15, 0.2) is 5.06 Å². The number of hydrogen-bond acceptors (Lipinski definition) is 1. The van der Waals surface area contributed by atoms with Crippen molar-refractivity contribution in [3.05, 3.63) is 48.6 Å². The molecule has 0 saturated heterocycles. The summed E-state index contributed by atoms with van der Waals surface area (Å²) in [6.07, 6.45) is 1.71. The van der Waals surface area contributed by atoms with Crippen molar-refractivity contribution in [1.29, 1.82) is 0 Å². The number of ether oxygens (including phenoxy) is 1. The number of benzene rings is 1. The first kappa shape index (κ1) is 12.3. The van der Waals surface area contributed by atoms with Crippen LogP contribution in [0.5, 0.6) is 0 Å². The first-order valence-electron chi connectivity index (χ1n) is 5.10. The van der Waals surface area contributed by atoms with E-state index in [1.165, 1.54) is 0 Å². The van der Waals surface area contributed by atoms with E-state index in [0.29, 0.717) is 6.61 Å². The van der Waals surface area contributed by atoms with E-state index in [0.717, 1.165) is 5.56 Å². The molecule has 0 amide bonds. The van der Waals surface area contributed by atoms with Crippen LogP contribution in [0.15, 0.2) is 43.0 Å². The normalized spacial score (nSPS) is 14.9. The Bertz CT molecular complexity index is 308. The fraction of sp³-hybridized carbons (Fsp3) is 0.385. The van der Waals surface area contributed by atoms with Crippen molar-refractivity contribution in [3.63, 3.8) is 0 Å². The summed E-state index contributed by atoms with van der Waals surface area (Å²) >= 11 is 6.51. The zero-order valence-corrected chi connectivity index (χ0v) is 10.00. The van der Waals surface area contributed by atoms with E-state index in [1.54, 1.807) is 6.08 Å². The second-order valence-corrected chi connectivity index (χ2v) is 4.33. The topological polar surface area (TPSA) is 9.23 Å². The Labute approximate surface area is 96.7 Å². The van der Waals surface area contributed by atoms with Crippen LogP contribution in [0.4, 0.5) is 0 Å². The van der Waals surface area contributed by atoms with Gasteiger partial charge in [-0.25, -0.2) is 0 Å². The van der Waals surface area contributed by atoms with Gasteiger partial charge in [0.05, 0.1) is 6.61 Å². The smallest absolute Gasteiger partial charge is 0.170 e. The zero-order chi connectivity index (χ0) is 11.3. The molecular weight excluding hydrogens is 208 g/mol. The van der Waals surface area contributed by atoms with E-state index < -0.39 is 5.06 Å². The Morgan fingerprint density at radius 2 is 2.00 bits per heavy atom. The number of alkyl halides is 1. The van der Waals surface area contributed by atoms with Gasteiger partial charge >= 0.3 is 0 Å². The predicted molar refractivity (Wildman–Crippen MR) is 65.0 cm³/mol. The maximum Gasteiger partial charge on any atom is 0.170 e. The van der Waals surface area contributed by atoms with Gasteiger partial charge < -0.3 is 4.74 Å². The Hall–Kier alpha value is -0.790. The van der Waals surface area contributed by atoms with E-state index in [2.05, 4.69) is 6.58 Å². The molecule has 1 rings (SSSR count). The van der Waals surface area contributed by atoms with Gasteiger partial charge in [-0.3, -0.25) is 0 Å². The molecule has 82 valence electrons. The fourth-order valence-electron chi connectivity index (χ4n) is 1.43. The summed E-state index contributed by atoms with van der Waals surface area (Å²) in [5, 5.41) is -0.755. The quantitative estimate of drug-likeness (QED) is 0.544. The van der Waals surface area contributed by atoms with Gasteiger partial charge in [0.25, 0.3) is 0 Å². The molecule has 0 aromatic heterocycles. The molecule has 1 unspecified atom stereocenters. The van der Waals surface area contributed by atoms with Crippen LogP contribution in [0.1, 0.15) is 19.4 Å². The molecule has 2 heteroatoms. The lowest BCUT2D eigenvalue weighted by Gasteiger charge is -2.31. The van der Waals surface area contributed by atoms with Gasteiger partial charge in [-0.05, 0) is 5.56 Å². The van der Waals surface area contributed by atoms with Gasteiger partial charge in [-0.1, -0.05) is 61.9 Å². The summed E-state index contributed by atoms with van der Waals surface area (Å²) in [6.45, 7) is 8.18. The van der Waals surface area contributed by atoms with Crippen molar-refractivity contribution in [2.45, 2.75) is 18.9 Å². The van der Waals surface area contributed by atoms with Crippen LogP contribution < -0.4 is 0 Å². The molecule has 1 nitrogen and oxygen atoms in total. The molecule has 0 N–H and O–H groups in total. The third kappa shape index (κ3) is 2.83. The second kappa shape index (κ2) is 5.34. The highest BCUT2D eigenvalue weighted by Gasteiger charge is 2.33. The van der Waals surface area contributed by atoms with Crippen molar-refractivity contribution in [2.24, 2.45) is 5.92 Å².